The average Bonchev–Trinajstić information content (AvgIpc) is 3.56. The van der Waals surface area contributed by atoms with Crippen molar-refractivity contribution in [2.45, 2.75) is 91.5 Å². The summed E-state index contributed by atoms with van der Waals surface area (Å²) in [6.45, 7) is 11.8. The highest BCUT2D eigenvalue weighted by Crippen LogP contribution is 2.42. The van der Waals surface area contributed by atoms with Gasteiger partial charge in [0.15, 0.2) is 0 Å². The molecule has 5 atom stereocenters. The number of hydrogen-bond donors (Lipinski definition) is 2. The van der Waals surface area contributed by atoms with E-state index in [9.17, 15) is 14.4 Å². The third-order valence-corrected chi connectivity index (χ3v) is 11.5. The number of carbonyl (C=O) groups excluding carboxylic acids is 3. The van der Waals surface area contributed by atoms with Crippen LogP contribution < -0.4 is 10.7 Å². The van der Waals surface area contributed by atoms with Crippen LogP contribution in [0.5, 0.6) is 0 Å². The van der Waals surface area contributed by atoms with Crippen LogP contribution in [-0.4, -0.2) is 69.7 Å². The monoisotopic (exact) mass is 712 g/mol. The van der Waals surface area contributed by atoms with E-state index >= 15 is 0 Å². The molecule has 6 bridgehead atoms. The van der Waals surface area contributed by atoms with Crippen LogP contribution in [0.3, 0.4) is 0 Å². The number of ether oxygens (including phenoxy) is 2. The van der Waals surface area contributed by atoms with Gasteiger partial charge in [-0.05, 0) is 75.3 Å². The van der Waals surface area contributed by atoms with Crippen molar-refractivity contribution >= 4 is 40.0 Å². The Morgan fingerprint density at radius 3 is 2.80 bits per heavy atom. The molecule has 0 spiro atoms. The van der Waals surface area contributed by atoms with E-state index < -0.39 is 17.5 Å². The molecule has 3 aromatic heterocycles. The van der Waals surface area contributed by atoms with Gasteiger partial charge in [0.2, 0.25) is 5.91 Å². The molecule has 1 aliphatic carbocycles. The van der Waals surface area contributed by atoms with Crippen LogP contribution in [0.25, 0.3) is 33.4 Å². The third-order valence-electron chi connectivity index (χ3n) is 10.6. The summed E-state index contributed by atoms with van der Waals surface area (Å²) in [5, 5.41) is 8.41. The van der Waals surface area contributed by atoms with Gasteiger partial charge in [0, 0.05) is 71.6 Å². The Kier molecular flexibility index (Phi) is 9.77. The van der Waals surface area contributed by atoms with Crippen LogP contribution in [0.15, 0.2) is 41.9 Å². The summed E-state index contributed by atoms with van der Waals surface area (Å²) in [6.07, 6.45) is 4.47. The summed E-state index contributed by atoms with van der Waals surface area (Å²) in [6, 6.07) is 9.06. The molecule has 3 aliphatic rings. The molecule has 12 heteroatoms. The molecule has 0 unspecified atom stereocenters. The maximum Gasteiger partial charge on any atom is 0.324 e. The summed E-state index contributed by atoms with van der Waals surface area (Å²) in [5.74, 6) is -0.552. The third kappa shape index (κ3) is 7.05. The highest BCUT2D eigenvalue weighted by atomic mass is 32.1. The van der Waals surface area contributed by atoms with Gasteiger partial charge in [0.25, 0.3) is 5.91 Å². The number of pyridine rings is 1. The lowest BCUT2D eigenvalue weighted by molar-refractivity contribution is -0.155. The number of amides is 2. The van der Waals surface area contributed by atoms with Crippen LogP contribution in [0.4, 0.5) is 0 Å². The fourth-order valence-corrected chi connectivity index (χ4v) is 8.38. The fraction of sp³-hybridized carbons (Fsp3) is 0.513. The van der Waals surface area contributed by atoms with Crippen molar-refractivity contribution in [1.82, 2.24) is 30.3 Å². The second-order valence-corrected chi connectivity index (χ2v) is 16.0. The largest absolute Gasteiger partial charge is 0.464 e. The van der Waals surface area contributed by atoms with Gasteiger partial charge < -0.3 is 19.4 Å². The van der Waals surface area contributed by atoms with Crippen LogP contribution in [0.2, 0.25) is 0 Å². The molecule has 1 saturated heterocycles. The van der Waals surface area contributed by atoms with E-state index in [4.69, 9.17) is 19.4 Å². The summed E-state index contributed by atoms with van der Waals surface area (Å²) < 4.78 is 14.2. The van der Waals surface area contributed by atoms with Crippen LogP contribution in [0, 0.1) is 17.3 Å². The highest BCUT2D eigenvalue weighted by molar-refractivity contribution is 7.10. The molecule has 2 amide bonds. The van der Waals surface area contributed by atoms with Crippen molar-refractivity contribution in [3.63, 3.8) is 0 Å². The first-order valence-electron chi connectivity index (χ1n) is 18.1. The number of rotatable bonds is 6. The molecule has 1 saturated carbocycles. The number of benzene rings is 1. The molecule has 2 aliphatic heterocycles. The Morgan fingerprint density at radius 1 is 1.25 bits per heavy atom. The standard InChI is InChI=1S/C39H48N6O5S/c1-7-44-32-13-12-24-17-27(32)28(35(44)25-10-8-14-40-34(25)23(3)49-6)19-39(4,5)21-50-38(48)29-11-9-15-45(43-29)37(47)30(18-33-41-31(24)20-51-33)42-36(46)26-16-22(26)2/h8,10,12-14,17,20,22-23,26,29-30,43H,7,9,11,15-16,18-19,21H2,1-6H3,(H,42,46)/t22-,23-,26-,29-,30-/m0/s1. The number of nitrogens with one attached hydrogen (secondary N) is 2. The number of thiazole rings is 1. The van der Waals surface area contributed by atoms with Gasteiger partial charge >= 0.3 is 5.97 Å². The Bertz CT molecular complexity index is 1970. The van der Waals surface area contributed by atoms with Gasteiger partial charge in [-0.25, -0.2) is 10.4 Å². The first kappa shape index (κ1) is 35.3. The number of cyclic esters (lactones) is 1. The molecule has 11 nitrogen and oxygen atoms in total. The van der Waals surface area contributed by atoms with E-state index in [0.717, 1.165) is 62.6 Å². The van der Waals surface area contributed by atoms with Crippen LogP contribution in [-0.2, 0) is 43.2 Å². The number of hydrazine groups is 1. The van der Waals surface area contributed by atoms with E-state index in [-0.39, 0.29) is 42.8 Å². The van der Waals surface area contributed by atoms with Crippen molar-refractivity contribution in [1.29, 1.82) is 0 Å². The van der Waals surface area contributed by atoms with Crippen molar-refractivity contribution in [3.05, 3.63) is 58.2 Å². The van der Waals surface area contributed by atoms with E-state index in [1.807, 2.05) is 25.3 Å². The molecular weight excluding hydrogens is 665 g/mol. The van der Waals surface area contributed by atoms with Crippen molar-refractivity contribution in [2.75, 3.05) is 20.3 Å². The first-order valence-corrected chi connectivity index (χ1v) is 19.0. The lowest BCUT2D eigenvalue weighted by Gasteiger charge is -2.35. The minimum Gasteiger partial charge on any atom is -0.464 e. The van der Waals surface area contributed by atoms with Crippen LogP contribution >= 0.6 is 11.3 Å². The maximum absolute atomic E-state index is 14.0. The Labute approximate surface area is 303 Å². The molecule has 0 radical (unpaired) electrons. The van der Waals surface area contributed by atoms with Crippen molar-refractivity contribution in [2.24, 2.45) is 17.3 Å². The molecule has 1 aromatic carbocycles. The zero-order chi connectivity index (χ0) is 36.0. The number of nitrogens with zero attached hydrogens (tertiary/aromatic N) is 4. The van der Waals surface area contributed by atoms with Crippen molar-refractivity contribution in [3.8, 4) is 22.5 Å². The van der Waals surface area contributed by atoms with Gasteiger partial charge in [-0.15, -0.1) is 11.3 Å². The van der Waals surface area contributed by atoms with Crippen molar-refractivity contribution < 1.29 is 23.9 Å². The quantitative estimate of drug-likeness (QED) is 0.238. The minimum absolute atomic E-state index is 0.0835. The molecule has 7 rings (SSSR count). The molecule has 5 heterocycles. The molecule has 2 fully saturated rings. The predicted molar refractivity (Wildman–Crippen MR) is 197 cm³/mol. The molecule has 2 N–H and O–H groups in total. The number of aryl methyl sites for hydroxylation is 1. The molecular formula is C39H48N6O5S. The Morgan fingerprint density at radius 2 is 2.06 bits per heavy atom. The summed E-state index contributed by atoms with van der Waals surface area (Å²) >= 11 is 1.49. The van der Waals surface area contributed by atoms with E-state index in [2.05, 4.69) is 60.3 Å². The minimum atomic E-state index is -0.817. The van der Waals surface area contributed by atoms with E-state index in [1.54, 1.807) is 13.3 Å². The van der Waals surface area contributed by atoms with Crippen LogP contribution in [0.1, 0.15) is 76.3 Å². The van der Waals surface area contributed by atoms with Gasteiger partial charge in [-0.1, -0.05) is 26.8 Å². The number of aromatic nitrogens is 3. The zero-order valence-electron chi connectivity index (χ0n) is 30.3. The topological polar surface area (TPSA) is 128 Å². The first-order chi connectivity index (χ1) is 24.5. The van der Waals surface area contributed by atoms with Gasteiger partial charge in [-0.3, -0.25) is 24.4 Å². The maximum atomic E-state index is 14.0. The molecule has 51 heavy (non-hydrogen) atoms. The number of methoxy groups -OCH3 is 1. The smallest absolute Gasteiger partial charge is 0.324 e. The number of carbonyl (C=O) groups is 3. The van der Waals surface area contributed by atoms with E-state index in [0.29, 0.717) is 31.7 Å². The Balaban J connectivity index is 1.36. The fourth-order valence-electron chi connectivity index (χ4n) is 7.53. The lowest BCUT2D eigenvalue weighted by atomic mass is 9.84. The SMILES string of the molecule is CCn1c(-c2cccnc2[C@H](C)OC)c2c3cc(ccc31)-c1csc(n1)C[C@H](NC(=O)[C@H]1C[C@@H]1C)C(=O)N1CCC[C@H](N1)C(=O)OCC(C)(C)C2. The summed E-state index contributed by atoms with van der Waals surface area (Å²) in [7, 11) is 1.70. The molecule has 4 aromatic rings. The molecule has 270 valence electrons. The predicted octanol–water partition coefficient (Wildman–Crippen LogP) is 5.86. The van der Waals surface area contributed by atoms with Gasteiger partial charge in [0.1, 0.15) is 12.1 Å². The lowest BCUT2D eigenvalue weighted by Crippen LogP contribution is -2.60. The zero-order valence-corrected chi connectivity index (χ0v) is 31.1. The highest BCUT2D eigenvalue weighted by Gasteiger charge is 2.42. The Hall–Kier alpha value is -4.13. The number of hydrogen-bond acceptors (Lipinski definition) is 9. The normalized spacial score (nSPS) is 24.2. The second-order valence-electron chi connectivity index (χ2n) is 15.1. The van der Waals surface area contributed by atoms with Gasteiger partial charge in [-0.2, -0.15) is 0 Å². The average molecular weight is 713 g/mol. The second kappa shape index (κ2) is 14.1. The summed E-state index contributed by atoms with van der Waals surface area (Å²) in [4.78, 5) is 50.5. The van der Waals surface area contributed by atoms with E-state index in [1.165, 1.54) is 16.3 Å². The number of fused-ring (bicyclic) bond motifs is 6. The van der Waals surface area contributed by atoms with Gasteiger partial charge in [0.05, 0.1) is 34.8 Å². The number of esters is 1. The summed E-state index contributed by atoms with van der Waals surface area (Å²) in [5.41, 5.74) is 9.69.